The molecular formula is C14H16BrF2NO2. The van der Waals surface area contributed by atoms with Crippen molar-refractivity contribution in [3.05, 3.63) is 33.8 Å². The molecule has 0 aliphatic heterocycles. The van der Waals surface area contributed by atoms with Gasteiger partial charge in [-0.15, -0.1) is 0 Å². The van der Waals surface area contributed by atoms with Gasteiger partial charge in [-0.05, 0) is 37.3 Å². The summed E-state index contributed by atoms with van der Waals surface area (Å²) in [5, 5.41) is 12.1. The van der Waals surface area contributed by atoms with Crippen molar-refractivity contribution in [2.75, 3.05) is 6.54 Å². The van der Waals surface area contributed by atoms with Gasteiger partial charge in [-0.2, -0.15) is 0 Å². The van der Waals surface area contributed by atoms with Crippen LogP contribution in [0.2, 0.25) is 0 Å². The first-order valence-corrected chi connectivity index (χ1v) is 7.37. The Kier molecular flexibility index (Phi) is 5.10. The molecule has 0 spiro atoms. The highest BCUT2D eigenvalue weighted by Crippen LogP contribution is 2.24. The van der Waals surface area contributed by atoms with E-state index in [4.69, 9.17) is 0 Å². The Hall–Kier alpha value is -1.01. The molecule has 110 valence electrons. The number of hydrogen-bond acceptors (Lipinski definition) is 2. The normalized spacial score (nSPS) is 22.6. The summed E-state index contributed by atoms with van der Waals surface area (Å²) in [6, 6.07) is 2.12. The van der Waals surface area contributed by atoms with Gasteiger partial charge in [-0.25, -0.2) is 8.78 Å². The molecule has 0 bridgehead atoms. The van der Waals surface area contributed by atoms with Crippen molar-refractivity contribution in [1.82, 2.24) is 5.32 Å². The summed E-state index contributed by atoms with van der Waals surface area (Å²) in [6.45, 7) is 0.324. The van der Waals surface area contributed by atoms with E-state index < -0.39 is 23.1 Å². The van der Waals surface area contributed by atoms with Gasteiger partial charge in [-0.1, -0.05) is 22.4 Å². The van der Waals surface area contributed by atoms with Crippen LogP contribution in [-0.4, -0.2) is 23.7 Å². The monoisotopic (exact) mass is 347 g/mol. The van der Waals surface area contributed by atoms with Gasteiger partial charge >= 0.3 is 0 Å². The van der Waals surface area contributed by atoms with Crippen LogP contribution in [0.15, 0.2) is 16.6 Å². The number of benzene rings is 1. The van der Waals surface area contributed by atoms with E-state index in [1.165, 1.54) is 0 Å². The highest BCUT2D eigenvalue weighted by atomic mass is 79.9. The highest BCUT2D eigenvalue weighted by molar-refractivity contribution is 9.10. The number of aliphatic hydroxyl groups excluding tert-OH is 1. The Morgan fingerprint density at radius 1 is 1.35 bits per heavy atom. The van der Waals surface area contributed by atoms with Crippen molar-refractivity contribution >= 4 is 21.8 Å². The van der Waals surface area contributed by atoms with Crippen LogP contribution in [0.4, 0.5) is 8.78 Å². The zero-order valence-electron chi connectivity index (χ0n) is 10.8. The maximum Gasteiger partial charge on any atom is 0.257 e. The minimum atomic E-state index is -0.891. The number of aliphatic hydroxyl groups is 1. The zero-order valence-corrected chi connectivity index (χ0v) is 12.4. The minimum Gasteiger partial charge on any atom is -0.393 e. The summed E-state index contributed by atoms with van der Waals surface area (Å²) in [7, 11) is 0. The number of nitrogens with one attached hydrogen (secondary N) is 1. The fraction of sp³-hybridized carbons (Fsp3) is 0.500. The molecule has 1 aliphatic carbocycles. The first kappa shape index (κ1) is 15.4. The largest absolute Gasteiger partial charge is 0.393 e. The number of rotatable bonds is 3. The van der Waals surface area contributed by atoms with Gasteiger partial charge in [-0.3, -0.25) is 4.79 Å². The molecule has 1 fully saturated rings. The number of carbonyl (C=O) groups excluding carboxylic acids is 1. The standard InChI is InChI=1S/C14H16BrF2NO2/c15-9-5-11(16)13(12(17)6-9)14(20)18-7-8-2-1-3-10(19)4-8/h5-6,8,10,19H,1-4,7H2,(H,18,20)/t8-,10+/m1/s1. The second-order valence-corrected chi connectivity index (χ2v) is 6.06. The Balaban J connectivity index is 1.98. The summed E-state index contributed by atoms with van der Waals surface area (Å²) in [5.41, 5.74) is -0.565. The molecule has 0 unspecified atom stereocenters. The maximum atomic E-state index is 13.6. The molecule has 2 N–H and O–H groups in total. The van der Waals surface area contributed by atoms with Crippen molar-refractivity contribution in [2.45, 2.75) is 31.8 Å². The van der Waals surface area contributed by atoms with E-state index in [-0.39, 0.29) is 16.5 Å². The van der Waals surface area contributed by atoms with E-state index in [0.29, 0.717) is 13.0 Å². The molecule has 2 rings (SSSR count). The van der Waals surface area contributed by atoms with Crippen molar-refractivity contribution in [3.63, 3.8) is 0 Å². The molecule has 1 aliphatic rings. The Morgan fingerprint density at radius 2 is 2.00 bits per heavy atom. The Bertz CT molecular complexity index is 487. The van der Waals surface area contributed by atoms with Crippen LogP contribution in [0.25, 0.3) is 0 Å². The lowest BCUT2D eigenvalue weighted by Gasteiger charge is -2.25. The smallest absolute Gasteiger partial charge is 0.257 e. The van der Waals surface area contributed by atoms with Gasteiger partial charge in [0.25, 0.3) is 5.91 Å². The Morgan fingerprint density at radius 3 is 2.60 bits per heavy atom. The number of halogens is 3. The van der Waals surface area contributed by atoms with Crippen molar-refractivity contribution in [3.8, 4) is 0 Å². The van der Waals surface area contributed by atoms with E-state index in [1.54, 1.807) is 0 Å². The van der Waals surface area contributed by atoms with Gasteiger partial charge in [0, 0.05) is 11.0 Å². The molecular weight excluding hydrogens is 332 g/mol. The van der Waals surface area contributed by atoms with E-state index in [0.717, 1.165) is 31.4 Å². The fourth-order valence-corrected chi connectivity index (χ4v) is 2.93. The predicted molar refractivity (Wildman–Crippen MR) is 74.4 cm³/mol. The van der Waals surface area contributed by atoms with Gasteiger partial charge in [0.1, 0.15) is 17.2 Å². The molecule has 1 saturated carbocycles. The van der Waals surface area contributed by atoms with Crippen LogP contribution in [0.5, 0.6) is 0 Å². The minimum absolute atomic E-state index is 0.157. The Labute approximate surface area is 124 Å². The predicted octanol–water partition coefficient (Wildman–Crippen LogP) is 3.01. The number of amides is 1. The molecule has 0 heterocycles. The van der Waals surface area contributed by atoms with Crippen molar-refractivity contribution in [2.24, 2.45) is 5.92 Å². The van der Waals surface area contributed by atoms with Crippen LogP contribution in [0.3, 0.4) is 0 Å². The van der Waals surface area contributed by atoms with E-state index in [1.807, 2.05) is 0 Å². The van der Waals surface area contributed by atoms with Crippen LogP contribution in [-0.2, 0) is 0 Å². The highest BCUT2D eigenvalue weighted by Gasteiger charge is 2.23. The molecule has 0 radical (unpaired) electrons. The summed E-state index contributed by atoms with van der Waals surface area (Å²) in [6.07, 6.45) is 2.86. The molecule has 2 atom stereocenters. The fourth-order valence-electron chi connectivity index (χ4n) is 2.53. The van der Waals surface area contributed by atoms with Gasteiger partial charge in [0.05, 0.1) is 6.10 Å². The van der Waals surface area contributed by atoms with Crippen LogP contribution in [0, 0.1) is 17.6 Å². The second-order valence-electron chi connectivity index (χ2n) is 5.14. The first-order chi connectivity index (χ1) is 9.47. The van der Waals surface area contributed by atoms with E-state index >= 15 is 0 Å². The molecule has 3 nitrogen and oxygen atoms in total. The third kappa shape index (κ3) is 3.76. The van der Waals surface area contributed by atoms with E-state index in [2.05, 4.69) is 21.2 Å². The third-order valence-electron chi connectivity index (χ3n) is 3.54. The summed E-state index contributed by atoms with van der Waals surface area (Å²) < 4.78 is 27.5. The quantitative estimate of drug-likeness (QED) is 0.882. The topological polar surface area (TPSA) is 49.3 Å². The lowest BCUT2D eigenvalue weighted by molar-refractivity contribution is 0.0867. The van der Waals surface area contributed by atoms with Gasteiger partial charge in [0.2, 0.25) is 0 Å². The molecule has 6 heteroatoms. The van der Waals surface area contributed by atoms with Gasteiger partial charge < -0.3 is 10.4 Å². The second kappa shape index (κ2) is 6.63. The van der Waals surface area contributed by atoms with Crippen LogP contribution in [0.1, 0.15) is 36.0 Å². The molecule has 1 aromatic carbocycles. The lowest BCUT2D eigenvalue weighted by Crippen LogP contribution is -2.33. The molecule has 20 heavy (non-hydrogen) atoms. The SMILES string of the molecule is O=C(NC[C@@H]1CCC[C@H](O)C1)c1c(F)cc(Br)cc1F. The van der Waals surface area contributed by atoms with Crippen LogP contribution >= 0.6 is 15.9 Å². The summed E-state index contributed by atoms with van der Waals surface area (Å²) >= 11 is 2.96. The number of hydrogen-bond donors (Lipinski definition) is 2. The molecule has 0 aromatic heterocycles. The zero-order chi connectivity index (χ0) is 14.7. The molecule has 1 amide bonds. The summed E-state index contributed by atoms with van der Waals surface area (Å²) in [4.78, 5) is 11.9. The molecule has 1 aromatic rings. The third-order valence-corrected chi connectivity index (χ3v) is 4.00. The van der Waals surface area contributed by atoms with E-state index in [9.17, 15) is 18.7 Å². The average molecular weight is 348 g/mol. The average Bonchev–Trinajstić information content (AvgIpc) is 2.35. The maximum absolute atomic E-state index is 13.6. The van der Waals surface area contributed by atoms with Crippen molar-refractivity contribution < 1.29 is 18.7 Å². The summed E-state index contributed by atoms with van der Waals surface area (Å²) in [5.74, 6) is -2.38. The van der Waals surface area contributed by atoms with Gasteiger partial charge in [0.15, 0.2) is 0 Å². The van der Waals surface area contributed by atoms with Crippen molar-refractivity contribution in [1.29, 1.82) is 0 Å². The van der Waals surface area contributed by atoms with Crippen LogP contribution < -0.4 is 5.32 Å². The lowest BCUT2D eigenvalue weighted by atomic mass is 9.87. The number of carbonyl (C=O) groups is 1. The molecule has 0 saturated heterocycles. The first-order valence-electron chi connectivity index (χ1n) is 6.58.